The number of hydrogen-bond donors (Lipinski definition) is 3. The summed E-state index contributed by atoms with van der Waals surface area (Å²) >= 11 is 0. The van der Waals surface area contributed by atoms with Gasteiger partial charge in [0.25, 0.3) is 0 Å². The number of aryl methyl sites for hydroxylation is 1. The molecule has 0 amide bonds. The molecule has 0 spiro atoms. The van der Waals surface area contributed by atoms with Gasteiger partial charge < -0.3 is 30.2 Å². The highest BCUT2D eigenvalue weighted by Crippen LogP contribution is 2.22. The largest absolute Gasteiger partial charge is 0.493 e. The van der Waals surface area contributed by atoms with E-state index in [0.717, 1.165) is 49.1 Å². The van der Waals surface area contributed by atoms with Crippen molar-refractivity contribution in [3.8, 4) is 5.75 Å². The van der Waals surface area contributed by atoms with E-state index in [2.05, 4.69) is 70.3 Å². The Balaban J connectivity index is 0.00000385. The second-order valence-corrected chi connectivity index (χ2v) is 8.05. The first kappa shape index (κ1) is 27.2. The number of guanidine groups is 1. The molecule has 0 aliphatic carbocycles. The van der Waals surface area contributed by atoms with Crippen LogP contribution in [0.4, 0.5) is 5.69 Å². The Morgan fingerprint density at radius 3 is 2.61 bits per heavy atom. The number of nitrogens with zero attached hydrogens (tertiary/aromatic N) is 1. The van der Waals surface area contributed by atoms with Crippen molar-refractivity contribution >= 4 is 35.6 Å². The number of methoxy groups -OCH3 is 1. The van der Waals surface area contributed by atoms with Crippen molar-refractivity contribution in [3.63, 3.8) is 0 Å². The zero-order valence-corrected chi connectivity index (χ0v) is 22.2. The molecule has 0 aromatic heterocycles. The second-order valence-electron chi connectivity index (χ2n) is 8.05. The van der Waals surface area contributed by atoms with Gasteiger partial charge in [0.05, 0.1) is 19.8 Å². The third-order valence-corrected chi connectivity index (χ3v) is 5.44. The molecule has 0 saturated carbocycles. The van der Waals surface area contributed by atoms with Gasteiger partial charge in [0, 0.05) is 57.6 Å². The van der Waals surface area contributed by atoms with Gasteiger partial charge in [-0.2, -0.15) is 0 Å². The molecule has 33 heavy (non-hydrogen) atoms. The summed E-state index contributed by atoms with van der Waals surface area (Å²) in [4.78, 5) is 4.35. The summed E-state index contributed by atoms with van der Waals surface area (Å²) < 4.78 is 16.7. The van der Waals surface area contributed by atoms with Gasteiger partial charge in [-0.15, -0.1) is 24.0 Å². The molecular weight excluding hydrogens is 531 g/mol. The topological polar surface area (TPSA) is 76.1 Å². The summed E-state index contributed by atoms with van der Waals surface area (Å²) in [5.74, 6) is 2.16. The van der Waals surface area contributed by atoms with Gasteiger partial charge in [0.1, 0.15) is 5.75 Å². The van der Waals surface area contributed by atoms with Crippen LogP contribution in [0.1, 0.15) is 23.1 Å². The van der Waals surface area contributed by atoms with Crippen molar-refractivity contribution in [3.05, 3.63) is 59.2 Å². The van der Waals surface area contributed by atoms with E-state index in [-0.39, 0.29) is 24.0 Å². The van der Waals surface area contributed by atoms with Crippen molar-refractivity contribution in [2.24, 2.45) is 10.9 Å². The third kappa shape index (κ3) is 9.38. The van der Waals surface area contributed by atoms with E-state index >= 15 is 0 Å². The Hall–Kier alpha value is -2.04. The fourth-order valence-electron chi connectivity index (χ4n) is 3.49. The van der Waals surface area contributed by atoms with Gasteiger partial charge in [-0.25, -0.2) is 0 Å². The summed E-state index contributed by atoms with van der Waals surface area (Å²) in [5.41, 5.74) is 4.57. The molecule has 0 bridgehead atoms. The maximum absolute atomic E-state index is 6.15. The average Bonchev–Trinajstić information content (AvgIpc) is 3.33. The van der Waals surface area contributed by atoms with Crippen LogP contribution < -0.4 is 20.7 Å². The molecule has 8 heteroatoms. The first-order valence-electron chi connectivity index (χ1n) is 11.2. The van der Waals surface area contributed by atoms with E-state index in [0.29, 0.717) is 32.2 Å². The molecule has 1 aliphatic heterocycles. The van der Waals surface area contributed by atoms with E-state index in [4.69, 9.17) is 14.2 Å². The number of halogens is 1. The number of aliphatic imine (C=N–C) groups is 1. The van der Waals surface area contributed by atoms with Crippen LogP contribution in [0.2, 0.25) is 0 Å². The van der Waals surface area contributed by atoms with Gasteiger partial charge in [0.2, 0.25) is 0 Å². The van der Waals surface area contributed by atoms with Gasteiger partial charge in [-0.3, -0.25) is 4.99 Å². The summed E-state index contributed by atoms with van der Waals surface area (Å²) in [5, 5.41) is 10.1. The Morgan fingerprint density at radius 2 is 1.91 bits per heavy atom. The highest BCUT2D eigenvalue weighted by Gasteiger charge is 2.17. The first-order chi connectivity index (χ1) is 15.7. The molecule has 7 nitrogen and oxygen atoms in total. The molecule has 182 valence electrons. The molecule has 3 N–H and O–H groups in total. The first-order valence-corrected chi connectivity index (χ1v) is 11.2. The molecule has 1 unspecified atom stereocenters. The van der Waals surface area contributed by atoms with Gasteiger partial charge in [-0.1, -0.05) is 24.3 Å². The summed E-state index contributed by atoms with van der Waals surface area (Å²) in [7, 11) is 3.49. The molecular formula is C25H37IN4O3. The second kappa shape index (κ2) is 15.0. The van der Waals surface area contributed by atoms with Crippen LogP contribution in [0.15, 0.2) is 47.5 Å². The van der Waals surface area contributed by atoms with Crippen LogP contribution in [0.25, 0.3) is 0 Å². The zero-order chi connectivity index (χ0) is 22.6. The molecule has 1 fully saturated rings. The lowest BCUT2D eigenvalue weighted by Gasteiger charge is -2.17. The number of ether oxygens (including phenoxy) is 3. The zero-order valence-electron chi connectivity index (χ0n) is 19.9. The van der Waals surface area contributed by atoms with E-state index in [1.54, 1.807) is 14.2 Å². The quantitative estimate of drug-likeness (QED) is 0.165. The molecule has 2 aromatic carbocycles. The lowest BCUT2D eigenvalue weighted by molar-refractivity contribution is 0.166. The number of nitrogens with one attached hydrogen (secondary N) is 3. The Kier molecular flexibility index (Phi) is 12.3. The van der Waals surface area contributed by atoms with Crippen molar-refractivity contribution in [2.75, 3.05) is 52.4 Å². The Bertz CT molecular complexity index is 855. The third-order valence-electron chi connectivity index (χ3n) is 5.44. The van der Waals surface area contributed by atoms with Crippen LogP contribution in [-0.4, -0.2) is 53.1 Å². The minimum Gasteiger partial charge on any atom is -0.493 e. The number of benzene rings is 2. The average molecular weight is 569 g/mol. The van der Waals surface area contributed by atoms with Crippen molar-refractivity contribution < 1.29 is 14.2 Å². The Labute approximate surface area is 214 Å². The van der Waals surface area contributed by atoms with E-state index < -0.39 is 0 Å². The monoisotopic (exact) mass is 568 g/mol. The predicted octanol–water partition coefficient (Wildman–Crippen LogP) is 3.95. The highest BCUT2D eigenvalue weighted by molar-refractivity contribution is 14.0. The highest BCUT2D eigenvalue weighted by atomic mass is 127. The minimum absolute atomic E-state index is 0. The van der Waals surface area contributed by atoms with E-state index in [1.165, 1.54) is 11.1 Å². The molecule has 1 aliphatic rings. The smallest absolute Gasteiger partial charge is 0.191 e. The minimum atomic E-state index is 0. The van der Waals surface area contributed by atoms with Crippen LogP contribution >= 0.6 is 24.0 Å². The lowest BCUT2D eigenvalue weighted by atomic mass is 10.1. The summed E-state index contributed by atoms with van der Waals surface area (Å²) in [6.07, 6.45) is 1.07. The van der Waals surface area contributed by atoms with Crippen LogP contribution in [0.3, 0.4) is 0 Å². The molecule has 3 rings (SSSR count). The maximum Gasteiger partial charge on any atom is 0.191 e. The predicted molar refractivity (Wildman–Crippen MR) is 145 cm³/mol. The molecule has 1 heterocycles. The normalized spacial score (nSPS) is 15.6. The van der Waals surface area contributed by atoms with Crippen molar-refractivity contribution in [2.45, 2.75) is 26.4 Å². The Morgan fingerprint density at radius 1 is 1.12 bits per heavy atom. The van der Waals surface area contributed by atoms with E-state index in [9.17, 15) is 0 Å². The SMILES string of the molecule is CN=C(NCc1ccc(NCCOC)cc1)NCc1ccc(C)cc1OCC1CCOC1.I. The fraction of sp³-hybridized carbons (Fsp3) is 0.480. The van der Waals surface area contributed by atoms with Gasteiger partial charge in [0.15, 0.2) is 5.96 Å². The summed E-state index contributed by atoms with van der Waals surface area (Å²) in [6, 6.07) is 14.7. The fourth-order valence-corrected chi connectivity index (χ4v) is 3.49. The van der Waals surface area contributed by atoms with Crippen LogP contribution in [0, 0.1) is 12.8 Å². The molecule has 2 aromatic rings. The number of anilines is 1. The summed E-state index contributed by atoms with van der Waals surface area (Å²) in [6.45, 7) is 7.22. The van der Waals surface area contributed by atoms with Crippen LogP contribution in [0.5, 0.6) is 5.75 Å². The number of rotatable bonds is 11. The van der Waals surface area contributed by atoms with E-state index in [1.807, 2.05) is 0 Å². The van der Waals surface area contributed by atoms with Crippen molar-refractivity contribution in [1.29, 1.82) is 0 Å². The molecule has 1 saturated heterocycles. The molecule has 1 atom stereocenters. The molecule has 0 radical (unpaired) electrons. The maximum atomic E-state index is 6.15. The standard InChI is InChI=1S/C25H36N4O3.HI/c1-19-4-7-22(24(14-19)32-18-21-10-12-31-17-21)16-29-25(26-2)28-15-20-5-8-23(9-6-20)27-11-13-30-3;/h4-9,14,21,27H,10-13,15-18H2,1-3H3,(H2,26,28,29);1H. The lowest BCUT2D eigenvalue weighted by Crippen LogP contribution is -2.36. The van der Waals surface area contributed by atoms with Gasteiger partial charge in [-0.05, 0) is 42.7 Å². The van der Waals surface area contributed by atoms with Crippen LogP contribution in [-0.2, 0) is 22.6 Å². The van der Waals surface area contributed by atoms with Crippen molar-refractivity contribution in [1.82, 2.24) is 10.6 Å². The van der Waals surface area contributed by atoms with Gasteiger partial charge >= 0.3 is 0 Å². The number of hydrogen-bond acceptors (Lipinski definition) is 5.